The van der Waals surface area contributed by atoms with E-state index in [9.17, 15) is 0 Å². The Hall–Kier alpha value is -0.120. The standard InChI is InChI=1S/C13H27N3/c1-2-7-15-8-10-16(11-9-15)12-13-5-3-4-6-14-13/h13-14H,2-12H2,1H3/t13-/m1/s1. The van der Waals surface area contributed by atoms with Crippen molar-refractivity contribution in [2.75, 3.05) is 45.8 Å². The Morgan fingerprint density at radius 1 is 1.06 bits per heavy atom. The molecule has 3 nitrogen and oxygen atoms in total. The van der Waals surface area contributed by atoms with E-state index in [1.54, 1.807) is 0 Å². The summed E-state index contributed by atoms with van der Waals surface area (Å²) in [6.45, 7) is 11.2. The largest absolute Gasteiger partial charge is 0.313 e. The summed E-state index contributed by atoms with van der Waals surface area (Å²) >= 11 is 0. The van der Waals surface area contributed by atoms with Gasteiger partial charge in [-0.1, -0.05) is 13.3 Å². The third-order valence-electron chi connectivity index (χ3n) is 3.90. The fourth-order valence-electron chi connectivity index (χ4n) is 2.90. The maximum atomic E-state index is 3.65. The first kappa shape index (κ1) is 12.3. The van der Waals surface area contributed by atoms with Crippen molar-refractivity contribution in [2.45, 2.75) is 38.6 Å². The molecule has 2 aliphatic rings. The van der Waals surface area contributed by atoms with Gasteiger partial charge in [0.05, 0.1) is 0 Å². The highest BCUT2D eigenvalue weighted by molar-refractivity contribution is 4.79. The van der Waals surface area contributed by atoms with Crippen molar-refractivity contribution in [3.05, 3.63) is 0 Å². The molecule has 2 rings (SSSR count). The molecular formula is C13H27N3. The number of piperazine rings is 1. The van der Waals surface area contributed by atoms with Gasteiger partial charge in [-0.25, -0.2) is 0 Å². The second-order valence-electron chi connectivity index (χ2n) is 5.29. The van der Waals surface area contributed by atoms with Crippen molar-refractivity contribution in [3.63, 3.8) is 0 Å². The lowest BCUT2D eigenvalue weighted by molar-refractivity contribution is 0.119. The minimum atomic E-state index is 0.770. The molecule has 0 amide bonds. The van der Waals surface area contributed by atoms with Crippen molar-refractivity contribution < 1.29 is 0 Å². The van der Waals surface area contributed by atoms with Gasteiger partial charge < -0.3 is 10.2 Å². The summed E-state index contributed by atoms with van der Waals surface area (Å²) in [5.74, 6) is 0. The topological polar surface area (TPSA) is 18.5 Å². The summed E-state index contributed by atoms with van der Waals surface area (Å²) in [5.41, 5.74) is 0. The number of rotatable bonds is 4. The van der Waals surface area contributed by atoms with Gasteiger partial charge in [-0.3, -0.25) is 4.90 Å². The number of piperidine rings is 1. The van der Waals surface area contributed by atoms with Crippen LogP contribution in [0.3, 0.4) is 0 Å². The molecule has 0 aliphatic carbocycles. The number of nitrogens with zero attached hydrogens (tertiary/aromatic N) is 2. The van der Waals surface area contributed by atoms with Crippen LogP contribution in [0.5, 0.6) is 0 Å². The molecule has 0 aromatic rings. The summed E-state index contributed by atoms with van der Waals surface area (Å²) in [5, 5.41) is 3.65. The fraction of sp³-hybridized carbons (Fsp3) is 1.00. The zero-order valence-electron chi connectivity index (χ0n) is 10.7. The number of hydrogen-bond acceptors (Lipinski definition) is 3. The van der Waals surface area contributed by atoms with Crippen LogP contribution in [0.2, 0.25) is 0 Å². The molecule has 16 heavy (non-hydrogen) atoms. The smallest absolute Gasteiger partial charge is 0.0195 e. The molecule has 1 atom stereocenters. The van der Waals surface area contributed by atoms with Gasteiger partial charge >= 0.3 is 0 Å². The zero-order chi connectivity index (χ0) is 11.2. The average molecular weight is 225 g/mol. The van der Waals surface area contributed by atoms with E-state index in [1.165, 1.54) is 71.5 Å². The first-order valence-corrected chi connectivity index (χ1v) is 7.06. The van der Waals surface area contributed by atoms with Crippen LogP contribution in [0.1, 0.15) is 32.6 Å². The molecule has 0 radical (unpaired) electrons. The minimum Gasteiger partial charge on any atom is -0.313 e. The Morgan fingerprint density at radius 2 is 1.81 bits per heavy atom. The molecule has 0 aromatic heterocycles. The van der Waals surface area contributed by atoms with Gasteiger partial charge in [-0.05, 0) is 32.4 Å². The van der Waals surface area contributed by atoms with E-state index in [2.05, 4.69) is 22.0 Å². The normalized spacial score (nSPS) is 29.4. The summed E-state index contributed by atoms with van der Waals surface area (Å²) in [6, 6.07) is 0.770. The molecule has 2 aliphatic heterocycles. The molecule has 2 fully saturated rings. The van der Waals surface area contributed by atoms with Crippen molar-refractivity contribution >= 4 is 0 Å². The molecule has 2 saturated heterocycles. The van der Waals surface area contributed by atoms with Gasteiger partial charge in [0.25, 0.3) is 0 Å². The summed E-state index contributed by atoms with van der Waals surface area (Å²) < 4.78 is 0. The van der Waals surface area contributed by atoms with Crippen LogP contribution in [0, 0.1) is 0 Å². The lowest BCUT2D eigenvalue weighted by Gasteiger charge is -2.37. The molecule has 94 valence electrons. The number of hydrogen-bond donors (Lipinski definition) is 1. The molecule has 0 saturated carbocycles. The molecule has 0 spiro atoms. The summed E-state index contributed by atoms with van der Waals surface area (Å²) in [7, 11) is 0. The van der Waals surface area contributed by atoms with Crippen LogP contribution < -0.4 is 5.32 Å². The first-order valence-electron chi connectivity index (χ1n) is 7.06. The zero-order valence-corrected chi connectivity index (χ0v) is 10.7. The Bertz CT molecular complexity index is 182. The van der Waals surface area contributed by atoms with Crippen molar-refractivity contribution in [1.82, 2.24) is 15.1 Å². The van der Waals surface area contributed by atoms with Crippen LogP contribution in [-0.2, 0) is 0 Å². The van der Waals surface area contributed by atoms with E-state index >= 15 is 0 Å². The van der Waals surface area contributed by atoms with Gasteiger partial charge in [0.1, 0.15) is 0 Å². The van der Waals surface area contributed by atoms with Crippen LogP contribution in [0.25, 0.3) is 0 Å². The molecular weight excluding hydrogens is 198 g/mol. The SMILES string of the molecule is CCCN1CCN(C[C@H]2CCCCN2)CC1. The second kappa shape index (κ2) is 6.58. The third kappa shape index (κ3) is 3.72. The quantitative estimate of drug-likeness (QED) is 0.774. The summed E-state index contributed by atoms with van der Waals surface area (Å²) in [6.07, 6.45) is 5.48. The van der Waals surface area contributed by atoms with E-state index in [0.29, 0.717) is 0 Å². The highest BCUT2D eigenvalue weighted by Crippen LogP contribution is 2.10. The number of nitrogens with one attached hydrogen (secondary N) is 1. The van der Waals surface area contributed by atoms with E-state index in [0.717, 1.165) is 6.04 Å². The van der Waals surface area contributed by atoms with Gasteiger partial charge in [-0.2, -0.15) is 0 Å². The third-order valence-corrected chi connectivity index (χ3v) is 3.90. The molecule has 0 bridgehead atoms. The van der Waals surface area contributed by atoms with Crippen LogP contribution >= 0.6 is 0 Å². The van der Waals surface area contributed by atoms with Crippen LogP contribution in [-0.4, -0.2) is 61.7 Å². The second-order valence-corrected chi connectivity index (χ2v) is 5.29. The molecule has 2 heterocycles. The van der Waals surface area contributed by atoms with E-state index in [-0.39, 0.29) is 0 Å². The van der Waals surface area contributed by atoms with Crippen molar-refractivity contribution in [1.29, 1.82) is 0 Å². The highest BCUT2D eigenvalue weighted by Gasteiger charge is 2.20. The monoisotopic (exact) mass is 225 g/mol. The maximum absolute atomic E-state index is 3.65. The van der Waals surface area contributed by atoms with Gasteiger partial charge in [0.2, 0.25) is 0 Å². The van der Waals surface area contributed by atoms with Crippen molar-refractivity contribution in [3.8, 4) is 0 Å². The fourth-order valence-corrected chi connectivity index (χ4v) is 2.90. The Morgan fingerprint density at radius 3 is 2.44 bits per heavy atom. The lowest BCUT2D eigenvalue weighted by atomic mass is 10.0. The molecule has 3 heteroatoms. The predicted molar refractivity (Wildman–Crippen MR) is 68.8 cm³/mol. The van der Waals surface area contributed by atoms with E-state index in [4.69, 9.17) is 0 Å². The highest BCUT2D eigenvalue weighted by atomic mass is 15.3. The van der Waals surface area contributed by atoms with Gasteiger partial charge in [-0.15, -0.1) is 0 Å². The molecule has 1 N–H and O–H groups in total. The average Bonchev–Trinajstić information content (AvgIpc) is 2.33. The maximum Gasteiger partial charge on any atom is 0.0195 e. The van der Waals surface area contributed by atoms with E-state index < -0.39 is 0 Å². The van der Waals surface area contributed by atoms with Crippen LogP contribution in [0.15, 0.2) is 0 Å². The molecule has 0 aromatic carbocycles. The van der Waals surface area contributed by atoms with Gasteiger partial charge in [0.15, 0.2) is 0 Å². The van der Waals surface area contributed by atoms with Crippen molar-refractivity contribution in [2.24, 2.45) is 0 Å². The summed E-state index contributed by atoms with van der Waals surface area (Å²) in [4.78, 5) is 5.25. The van der Waals surface area contributed by atoms with Crippen LogP contribution in [0.4, 0.5) is 0 Å². The van der Waals surface area contributed by atoms with E-state index in [1.807, 2.05) is 0 Å². The lowest BCUT2D eigenvalue weighted by Crippen LogP contribution is -2.51. The first-order chi connectivity index (χ1) is 7.88. The Kier molecular flexibility index (Phi) is 5.07. The Balaban J connectivity index is 1.64. The predicted octanol–water partition coefficient (Wildman–Crippen LogP) is 1.16. The Labute approximate surface area is 100 Å². The molecule has 0 unspecified atom stereocenters. The van der Waals surface area contributed by atoms with Gasteiger partial charge in [0, 0.05) is 38.8 Å². The minimum absolute atomic E-state index is 0.770.